The van der Waals surface area contributed by atoms with Crippen LogP contribution in [0.5, 0.6) is 0 Å². The van der Waals surface area contributed by atoms with E-state index in [-0.39, 0.29) is 5.54 Å². The van der Waals surface area contributed by atoms with E-state index in [1.807, 2.05) is 7.05 Å². The molecule has 62 valence electrons. The Hall–Kier alpha value is -0.370. The Bertz CT molecular complexity index is 174. The van der Waals surface area contributed by atoms with Crippen molar-refractivity contribution in [2.45, 2.75) is 37.6 Å². The van der Waals surface area contributed by atoms with Crippen LogP contribution < -0.4 is 5.32 Å². The summed E-state index contributed by atoms with van der Waals surface area (Å²) in [5.41, 5.74) is -0.0822. The first kappa shape index (κ1) is 7.29. The predicted molar refractivity (Wildman–Crippen MR) is 43.4 cm³/mol. The number of carbonyl (C=O) groups excluding carboxylic acids is 1. The van der Waals surface area contributed by atoms with Crippen LogP contribution in [0.2, 0.25) is 0 Å². The highest BCUT2D eigenvalue weighted by Gasteiger charge is 2.48. The van der Waals surface area contributed by atoms with E-state index in [2.05, 4.69) is 5.32 Å². The van der Waals surface area contributed by atoms with Gasteiger partial charge in [-0.25, -0.2) is 0 Å². The van der Waals surface area contributed by atoms with Gasteiger partial charge in [0.25, 0.3) is 0 Å². The van der Waals surface area contributed by atoms with Gasteiger partial charge in [-0.2, -0.15) is 0 Å². The summed E-state index contributed by atoms with van der Waals surface area (Å²) in [7, 11) is 1.92. The zero-order valence-corrected chi connectivity index (χ0v) is 7.02. The summed E-state index contributed by atoms with van der Waals surface area (Å²) in [6.45, 7) is 0. The summed E-state index contributed by atoms with van der Waals surface area (Å²) < 4.78 is 0. The molecule has 2 aliphatic carbocycles. The molecule has 0 aliphatic heterocycles. The van der Waals surface area contributed by atoms with Gasteiger partial charge in [0.2, 0.25) is 0 Å². The summed E-state index contributed by atoms with van der Waals surface area (Å²) in [5, 5.41) is 3.19. The van der Waals surface area contributed by atoms with Crippen LogP contribution in [0.1, 0.15) is 32.1 Å². The van der Waals surface area contributed by atoms with Crippen LogP contribution in [-0.2, 0) is 4.79 Å². The van der Waals surface area contributed by atoms with Crippen molar-refractivity contribution in [1.82, 2.24) is 5.32 Å². The van der Waals surface area contributed by atoms with Crippen molar-refractivity contribution in [3.63, 3.8) is 0 Å². The number of nitrogens with one attached hydrogen (secondary N) is 1. The van der Waals surface area contributed by atoms with Crippen LogP contribution in [0.3, 0.4) is 0 Å². The Balaban J connectivity index is 2.04. The van der Waals surface area contributed by atoms with Crippen molar-refractivity contribution in [2.75, 3.05) is 7.05 Å². The average Bonchev–Trinajstić information content (AvgIpc) is 2.66. The van der Waals surface area contributed by atoms with Gasteiger partial charge in [0.05, 0.1) is 5.54 Å². The quantitative estimate of drug-likeness (QED) is 0.658. The molecular weight excluding hydrogens is 138 g/mol. The highest BCUT2D eigenvalue weighted by Crippen LogP contribution is 2.41. The van der Waals surface area contributed by atoms with Gasteiger partial charge in [0, 0.05) is 5.92 Å². The summed E-state index contributed by atoms with van der Waals surface area (Å²) in [4.78, 5) is 11.7. The Morgan fingerprint density at radius 3 is 2.36 bits per heavy atom. The summed E-state index contributed by atoms with van der Waals surface area (Å²) in [5.74, 6) is 0.911. The molecule has 2 rings (SSSR count). The third-order valence-corrected chi connectivity index (χ3v) is 3.11. The van der Waals surface area contributed by atoms with Gasteiger partial charge in [0.15, 0.2) is 5.78 Å². The minimum absolute atomic E-state index is 0.0822. The average molecular weight is 153 g/mol. The molecule has 11 heavy (non-hydrogen) atoms. The first-order chi connectivity index (χ1) is 5.28. The van der Waals surface area contributed by atoms with Gasteiger partial charge in [-0.15, -0.1) is 0 Å². The lowest BCUT2D eigenvalue weighted by molar-refractivity contribution is -0.129. The van der Waals surface area contributed by atoms with Gasteiger partial charge < -0.3 is 5.32 Å². The van der Waals surface area contributed by atoms with Gasteiger partial charge in [-0.1, -0.05) is 0 Å². The second-order valence-electron chi connectivity index (χ2n) is 3.82. The van der Waals surface area contributed by atoms with Crippen LogP contribution in [0.25, 0.3) is 0 Å². The third kappa shape index (κ3) is 1.00. The van der Waals surface area contributed by atoms with E-state index in [0.717, 1.165) is 25.7 Å². The maximum absolute atomic E-state index is 11.7. The van der Waals surface area contributed by atoms with Crippen LogP contribution in [-0.4, -0.2) is 18.4 Å². The smallest absolute Gasteiger partial charge is 0.155 e. The Labute approximate surface area is 67.4 Å². The first-order valence-corrected chi connectivity index (χ1v) is 4.52. The molecule has 0 radical (unpaired) electrons. The standard InChI is InChI=1S/C9H15NO/c1-10-9(5-2-6-9)8(11)7-3-4-7/h7,10H,2-6H2,1H3. The van der Waals surface area contributed by atoms with E-state index in [4.69, 9.17) is 0 Å². The number of carbonyl (C=O) groups is 1. The molecule has 2 fully saturated rings. The second-order valence-corrected chi connectivity index (χ2v) is 3.82. The van der Waals surface area contributed by atoms with Crippen molar-refractivity contribution in [3.05, 3.63) is 0 Å². The minimum atomic E-state index is -0.0822. The number of rotatable bonds is 3. The summed E-state index contributed by atoms with van der Waals surface area (Å²) in [6, 6.07) is 0. The van der Waals surface area contributed by atoms with Crippen molar-refractivity contribution in [2.24, 2.45) is 5.92 Å². The zero-order chi connectivity index (χ0) is 7.90. The number of likely N-dealkylation sites (N-methyl/N-ethyl adjacent to an activating group) is 1. The Kier molecular flexibility index (Phi) is 1.53. The van der Waals surface area contributed by atoms with E-state index >= 15 is 0 Å². The molecule has 0 aromatic carbocycles. The molecule has 2 saturated carbocycles. The molecule has 2 aliphatic rings. The molecule has 1 N–H and O–H groups in total. The highest BCUT2D eigenvalue weighted by atomic mass is 16.1. The van der Waals surface area contributed by atoms with Gasteiger partial charge in [-0.05, 0) is 39.2 Å². The zero-order valence-electron chi connectivity index (χ0n) is 7.02. The maximum atomic E-state index is 11.7. The molecule has 0 amide bonds. The molecule has 0 spiro atoms. The first-order valence-electron chi connectivity index (χ1n) is 4.52. The summed E-state index contributed by atoms with van der Waals surface area (Å²) in [6.07, 6.45) is 5.64. The number of hydrogen-bond donors (Lipinski definition) is 1. The van der Waals surface area contributed by atoms with Crippen LogP contribution in [0.4, 0.5) is 0 Å². The molecule has 0 saturated heterocycles. The third-order valence-electron chi connectivity index (χ3n) is 3.11. The van der Waals surface area contributed by atoms with Crippen LogP contribution in [0.15, 0.2) is 0 Å². The molecule has 0 unspecified atom stereocenters. The molecule has 0 atom stereocenters. The Morgan fingerprint density at radius 1 is 1.45 bits per heavy atom. The lowest BCUT2D eigenvalue weighted by atomic mass is 9.72. The van der Waals surface area contributed by atoms with Gasteiger partial charge in [-0.3, -0.25) is 4.79 Å². The SMILES string of the molecule is CNC1(C(=O)C2CC2)CCC1. The fourth-order valence-corrected chi connectivity index (χ4v) is 1.89. The normalized spacial score (nSPS) is 27.7. The van der Waals surface area contributed by atoms with Crippen LogP contribution >= 0.6 is 0 Å². The van der Waals surface area contributed by atoms with Gasteiger partial charge in [0.1, 0.15) is 0 Å². The number of Topliss-reactive ketones (excluding diaryl/α,β-unsaturated/α-hetero) is 1. The van der Waals surface area contributed by atoms with E-state index in [1.54, 1.807) is 0 Å². The lowest BCUT2D eigenvalue weighted by Crippen LogP contribution is -2.56. The topological polar surface area (TPSA) is 29.1 Å². The molecule has 2 nitrogen and oxygen atoms in total. The molecular formula is C9H15NO. The molecule has 2 heteroatoms. The Morgan fingerprint density at radius 2 is 2.09 bits per heavy atom. The van der Waals surface area contributed by atoms with Crippen molar-refractivity contribution >= 4 is 5.78 Å². The monoisotopic (exact) mass is 153 g/mol. The summed E-state index contributed by atoms with van der Waals surface area (Å²) >= 11 is 0. The van der Waals surface area contributed by atoms with Crippen molar-refractivity contribution < 1.29 is 4.79 Å². The van der Waals surface area contributed by atoms with Gasteiger partial charge >= 0.3 is 0 Å². The number of hydrogen-bond acceptors (Lipinski definition) is 2. The lowest BCUT2D eigenvalue weighted by Gasteiger charge is -2.40. The molecule has 0 heterocycles. The highest BCUT2D eigenvalue weighted by molar-refractivity contribution is 5.93. The predicted octanol–water partition coefficient (Wildman–Crippen LogP) is 1.11. The van der Waals surface area contributed by atoms with E-state index in [1.165, 1.54) is 6.42 Å². The number of ketones is 1. The van der Waals surface area contributed by atoms with E-state index < -0.39 is 0 Å². The molecule has 0 aromatic rings. The van der Waals surface area contributed by atoms with Crippen LogP contribution in [0, 0.1) is 5.92 Å². The molecule has 0 bridgehead atoms. The second kappa shape index (κ2) is 2.31. The van der Waals surface area contributed by atoms with E-state index in [0.29, 0.717) is 11.7 Å². The maximum Gasteiger partial charge on any atom is 0.155 e. The largest absolute Gasteiger partial charge is 0.308 e. The molecule has 0 aromatic heterocycles. The fraction of sp³-hybridized carbons (Fsp3) is 0.889. The van der Waals surface area contributed by atoms with Crippen molar-refractivity contribution in [3.8, 4) is 0 Å². The minimum Gasteiger partial charge on any atom is -0.308 e. The van der Waals surface area contributed by atoms with Crippen molar-refractivity contribution in [1.29, 1.82) is 0 Å². The fourth-order valence-electron chi connectivity index (χ4n) is 1.89. The van der Waals surface area contributed by atoms with E-state index in [9.17, 15) is 4.79 Å².